The Bertz CT molecular complexity index is 614. The molecule has 0 saturated heterocycles. The molecular weight excluding hydrogens is 268 g/mol. The van der Waals surface area contributed by atoms with Crippen molar-refractivity contribution in [2.45, 2.75) is 13.0 Å². The van der Waals surface area contributed by atoms with Gasteiger partial charge in [0.2, 0.25) is 0 Å². The summed E-state index contributed by atoms with van der Waals surface area (Å²) < 4.78 is 0. The summed E-state index contributed by atoms with van der Waals surface area (Å²) in [5, 5.41) is 12.0. The molecule has 0 spiro atoms. The molecule has 0 aliphatic carbocycles. The van der Waals surface area contributed by atoms with Gasteiger partial charge in [0.25, 0.3) is 5.91 Å². The molecule has 0 aliphatic rings. The highest BCUT2D eigenvalue weighted by molar-refractivity contribution is 5.94. The van der Waals surface area contributed by atoms with Gasteiger partial charge >= 0.3 is 5.97 Å². The average Bonchev–Trinajstić information content (AvgIpc) is 2.53. The number of amides is 1. The van der Waals surface area contributed by atoms with Gasteiger partial charge in [-0.3, -0.25) is 14.6 Å². The molecule has 5 nitrogen and oxygen atoms in total. The van der Waals surface area contributed by atoms with Crippen molar-refractivity contribution in [1.29, 1.82) is 0 Å². The number of carbonyl (C=O) groups is 2. The summed E-state index contributed by atoms with van der Waals surface area (Å²) in [5.41, 5.74) is 1.21. The van der Waals surface area contributed by atoms with Crippen molar-refractivity contribution in [3.05, 3.63) is 66.0 Å². The fraction of sp³-hybridized carbons (Fsp3) is 0.188. The summed E-state index contributed by atoms with van der Waals surface area (Å²) in [4.78, 5) is 27.3. The van der Waals surface area contributed by atoms with Crippen LogP contribution in [0.15, 0.2) is 54.9 Å². The lowest BCUT2D eigenvalue weighted by Gasteiger charge is -2.23. The summed E-state index contributed by atoms with van der Waals surface area (Å²) >= 11 is 0. The zero-order valence-corrected chi connectivity index (χ0v) is 11.6. The van der Waals surface area contributed by atoms with Gasteiger partial charge in [0.05, 0.1) is 12.0 Å². The van der Waals surface area contributed by atoms with Crippen LogP contribution in [0.4, 0.5) is 0 Å². The second-order valence-corrected chi connectivity index (χ2v) is 4.72. The molecule has 0 fully saturated rings. The smallest absolute Gasteiger partial charge is 0.308 e. The number of carbonyl (C=O) groups excluding carboxylic acids is 1. The molecule has 5 heteroatoms. The number of hydrogen-bond donors (Lipinski definition) is 2. The molecule has 0 bridgehead atoms. The largest absolute Gasteiger partial charge is 0.481 e. The number of carboxylic acids is 1. The van der Waals surface area contributed by atoms with Crippen molar-refractivity contribution < 1.29 is 14.7 Å². The lowest BCUT2D eigenvalue weighted by atomic mass is 9.94. The summed E-state index contributed by atoms with van der Waals surface area (Å²) in [6.07, 6.45) is 3.04. The summed E-state index contributed by atoms with van der Waals surface area (Å²) in [6, 6.07) is 11.7. The van der Waals surface area contributed by atoms with Crippen LogP contribution in [0.5, 0.6) is 0 Å². The first-order chi connectivity index (χ1) is 10.1. The number of nitrogens with zero attached hydrogens (tertiary/aromatic N) is 1. The molecule has 1 aromatic heterocycles. The normalized spacial score (nSPS) is 13.2. The van der Waals surface area contributed by atoms with Crippen molar-refractivity contribution >= 4 is 11.9 Å². The molecule has 0 unspecified atom stereocenters. The maximum atomic E-state index is 12.2. The minimum absolute atomic E-state index is 0.320. The standard InChI is InChI=1S/C16H16N2O3/c1-11(16(20)21)14(12-5-3-2-4-6-12)18-15(19)13-7-9-17-10-8-13/h2-11,14H,1H3,(H,18,19)(H,20,21)/t11-,14-/m0/s1. The molecule has 0 aliphatic heterocycles. The molecule has 108 valence electrons. The third-order valence-electron chi connectivity index (χ3n) is 3.28. The third-order valence-corrected chi connectivity index (χ3v) is 3.28. The Balaban J connectivity index is 2.25. The highest BCUT2D eigenvalue weighted by Crippen LogP contribution is 2.22. The lowest BCUT2D eigenvalue weighted by Crippen LogP contribution is -2.35. The molecule has 1 aromatic carbocycles. The van der Waals surface area contributed by atoms with Crippen LogP contribution in [0, 0.1) is 5.92 Å². The molecule has 2 aromatic rings. The molecule has 1 amide bonds. The number of rotatable bonds is 5. The zero-order chi connectivity index (χ0) is 15.2. The van der Waals surface area contributed by atoms with Crippen LogP contribution in [0.1, 0.15) is 28.9 Å². The minimum atomic E-state index is -0.959. The van der Waals surface area contributed by atoms with E-state index in [-0.39, 0.29) is 5.91 Å². The van der Waals surface area contributed by atoms with Crippen molar-refractivity contribution in [2.24, 2.45) is 5.92 Å². The second kappa shape index (κ2) is 6.65. The fourth-order valence-electron chi connectivity index (χ4n) is 2.03. The maximum absolute atomic E-state index is 12.2. The molecule has 2 N–H and O–H groups in total. The number of nitrogens with one attached hydrogen (secondary N) is 1. The van der Waals surface area contributed by atoms with Gasteiger partial charge in [-0.15, -0.1) is 0 Å². The van der Waals surface area contributed by atoms with Crippen molar-refractivity contribution in [2.75, 3.05) is 0 Å². The van der Waals surface area contributed by atoms with Gasteiger partial charge in [0.15, 0.2) is 0 Å². The van der Waals surface area contributed by atoms with E-state index in [9.17, 15) is 14.7 Å². The quantitative estimate of drug-likeness (QED) is 0.882. The monoisotopic (exact) mass is 284 g/mol. The second-order valence-electron chi connectivity index (χ2n) is 4.72. The van der Waals surface area contributed by atoms with E-state index in [1.54, 1.807) is 31.2 Å². The fourth-order valence-corrected chi connectivity index (χ4v) is 2.03. The molecule has 2 rings (SSSR count). The minimum Gasteiger partial charge on any atom is -0.481 e. The zero-order valence-electron chi connectivity index (χ0n) is 11.6. The van der Waals surface area contributed by atoms with Crippen molar-refractivity contribution in [1.82, 2.24) is 10.3 Å². The molecule has 0 radical (unpaired) electrons. The van der Waals surface area contributed by atoms with Crippen LogP contribution >= 0.6 is 0 Å². The molecule has 1 heterocycles. The van der Waals surface area contributed by atoms with Gasteiger partial charge in [-0.05, 0) is 24.6 Å². The average molecular weight is 284 g/mol. The van der Waals surface area contributed by atoms with Gasteiger partial charge in [0, 0.05) is 18.0 Å². The van der Waals surface area contributed by atoms with Crippen LogP contribution in [0.3, 0.4) is 0 Å². The van der Waals surface area contributed by atoms with E-state index in [1.807, 2.05) is 18.2 Å². The van der Waals surface area contributed by atoms with E-state index in [0.29, 0.717) is 5.56 Å². The van der Waals surface area contributed by atoms with Crippen LogP contribution in [-0.4, -0.2) is 22.0 Å². The third kappa shape index (κ3) is 3.66. The van der Waals surface area contributed by atoms with Crippen molar-refractivity contribution in [3.8, 4) is 0 Å². The number of pyridine rings is 1. The number of carboxylic acid groups (broad SMARTS) is 1. The van der Waals surface area contributed by atoms with Crippen LogP contribution < -0.4 is 5.32 Å². The Kier molecular flexibility index (Phi) is 4.66. The van der Waals surface area contributed by atoms with E-state index in [2.05, 4.69) is 10.3 Å². The van der Waals surface area contributed by atoms with Gasteiger partial charge in [0.1, 0.15) is 0 Å². The molecule has 21 heavy (non-hydrogen) atoms. The number of aromatic nitrogens is 1. The van der Waals surface area contributed by atoms with Crippen LogP contribution in [0.2, 0.25) is 0 Å². The Hall–Kier alpha value is -2.69. The Morgan fingerprint density at radius 3 is 2.29 bits per heavy atom. The Morgan fingerprint density at radius 2 is 1.71 bits per heavy atom. The highest BCUT2D eigenvalue weighted by atomic mass is 16.4. The summed E-state index contributed by atoms with van der Waals surface area (Å²) in [5.74, 6) is -2.02. The van der Waals surface area contributed by atoms with E-state index in [1.165, 1.54) is 12.4 Å². The van der Waals surface area contributed by atoms with Crippen LogP contribution in [0.25, 0.3) is 0 Å². The Morgan fingerprint density at radius 1 is 1.10 bits per heavy atom. The first kappa shape index (κ1) is 14.7. The van der Waals surface area contributed by atoms with E-state index in [0.717, 1.165) is 5.56 Å². The summed E-state index contributed by atoms with van der Waals surface area (Å²) in [7, 11) is 0. The van der Waals surface area contributed by atoms with Crippen molar-refractivity contribution in [3.63, 3.8) is 0 Å². The van der Waals surface area contributed by atoms with Gasteiger partial charge < -0.3 is 10.4 Å². The summed E-state index contributed by atoms with van der Waals surface area (Å²) in [6.45, 7) is 1.58. The SMILES string of the molecule is C[C@H](C(=O)O)[C@H](NC(=O)c1ccncc1)c1ccccc1. The first-order valence-corrected chi connectivity index (χ1v) is 6.58. The molecular formula is C16H16N2O3. The number of benzene rings is 1. The maximum Gasteiger partial charge on any atom is 0.308 e. The van der Waals surface area contributed by atoms with E-state index >= 15 is 0 Å². The molecule has 0 saturated carbocycles. The lowest BCUT2D eigenvalue weighted by molar-refractivity contribution is -0.142. The predicted octanol–water partition coefficient (Wildman–Crippen LogP) is 2.27. The first-order valence-electron chi connectivity index (χ1n) is 6.58. The number of hydrogen-bond acceptors (Lipinski definition) is 3. The Labute approximate surface area is 122 Å². The molecule has 2 atom stereocenters. The predicted molar refractivity (Wildman–Crippen MR) is 77.7 cm³/mol. The van der Waals surface area contributed by atoms with Gasteiger partial charge in [-0.2, -0.15) is 0 Å². The van der Waals surface area contributed by atoms with E-state index < -0.39 is 17.9 Å². The van der Waals surface area contributed by atoms with Gasteiger partial charge in [-0.25, -0.2) is 0 Å². The van der Waals surface area contributed by atoms with Crippen LogP contribution in [-0.2, 0) is 4.79 Å². The topological polar surface area (TPSA) is 79.3 Å². The highest BCUT2D eigenvalue weighted by Gasteiger charge is 2.26. The van der Waals surface area contributed by atoms with Gasteiger partial charge in [-0.1, -0.05) is 30.3 Å². The number of aliphatic carboxylic acids is 1. The van der Waals surface area contributed by atoms with E-state index in [4.69, 9.17) is 0 Å².